The van der Waals surface area contributed by atoms with Crippen LogP contribution in [0.2, 0.25) is 0 Å². The molecule has 0 bridgehead atoms. The van der Waals surface area contributed by atoms with Crippen LogP contribution in [0, 0.1) is 11.8 Å². The van der Waals surface area contributed by atoms with Crippen molar-refractivity contribution in [2.24, 2.45) is 11.8 Å². The largest absolute Gasteiger partial charge is 0.481 e. The Balaban J connectivity index is 1.37. The van der Waals surface area contributed by atoms with Crippen LogP contribution in [-0.2, 0) is 14.3 Å². The van der Waals surface area contributed by atoms with Gasteiger partial charge in [0.05, 0.1) is 0 Å². The summed E-state index contributed by atoms with van der Waals surface area (Å²) in [4.78, 5) is 36.3. The van der Waals surface area contributed by atoms with Crippen LogP contribution in [0.5, 0.6) is 0 Å². The minimum absolute atomic E-state index is 0.00315. The van der Waals surface area contributed by atoms with E-state index in [0.29, 0.717) is 18.4 Å². The van der Waals surface area contributed by atoms with Gasteiger partial charge in [-0.05, 0) is 53.4 Å². The van der Waals surface area contributed by atoms with Gasteiger partial charge >= 0.3 is 12.1 Å². The van der Waals surface area contributed by atoms with E-state index < -0.39 is 18.1 Å². The summed E-state index contributed by atoms with van der Waals surface area (Å²) in [7, 11) is 0. The monoisotopic (exact) mass is 450 g/mol. The summed E-state index contributed by atoms with van der Waals surface area (Å²) in [5.74, 6) is -0.485. The Kier molecular flexibility index (Phi) is 6.96. The van der Waals surface area contributed by atoms with Crippen LogP contribution >= 0.6 is 0 Å². The normalized spacial score (nSPS) is 16.3. The highest BCUT2D eigenvalue weighted by Crippen LogP contribution is 2.44. The van der Waals surface area contributed by atoms with Gasteiger partial charge in [-0.2, -0.15) is 0 Å². The van der Waals surface area contributed by atoms with Crippen LogP contribution in [0.1, 0.15) is 49.7 Å². The highest BCUT2D eigenvalue weighted by atomic mass is 16.5. The van der Waals surface area contributed by atoms with Crippen molar-refractivity contribution in [3.05, 3.63) is 59.7 Å². The molecule has 2 amide bonds. The number of hydrogen-bond donors (Lipinski definition) is 3. The molecule has 0 aromatic heterocycles. The summed E-state index contributed by atoms with van der Waals surface area (Å²) in [5, 5.41) is 14.5. The van der Waals surface area contributed by atoms with Crippen LogP contribution in [0.15, 0.2) is 48.5 Å². The molecule has 33 heavy (non-hydrogen) atoms. The van der Waals surface area contributed by atoms with Gasteiger partial charge in [-0.1, -0.05) is 55.5 Å². The molecule has 0 aliphatic heterocycles. The highest BCUT2D eigenvalue weighted by molar-refractivity contribution is 5.86. The first-order chi connectivity index (χ1) is 15.9. The van der Waals surface area contributed by atoms with Gasteiger partial charge in [-0.25, -0.2) is 4.79 Å². The lowest BCUT2D eigenvalue weighted by Crippen LogP contribution is -2.48. The zero-order valence-corrected chi connectivity index (χ0v) is 18.8. The van der Waals surface area contributed by atoms with Crippen LogP contribution in [0.25, 0.3) is 11.1 Å². The van der Waals surface area contributed by atoms with Crippen molar-refractivity contribution in [2.75, 3.05) is 13.2 Å². The number of ether oxygens (including phenoxy) is 1. The fraction of sp³-hybridized carbons (Fsp3) is 0.423. The van der Waals surface area contributed by atoms with Gasteiger partial charge in [-0.3, -0.25) is 9.59 Å². The van der Waals surface area contributed by atoms with Crippen molar-refractivity contribution in [1.29, 1.82) is 0 Å². The molecule has 174 valence electrons. The molecule has 2 aromatic carbocycles. The molecule has 2 aromatic rings. The molecule has 0 radical (unpaired) electrons. The molecule has 0 spiro atoms. The third-order valence-electron chi connectivity index (χ3n) is 6.62. The Bertz CT molecular complexity index is 987. The SMILES string of the molecule is CC(CNC(=O)C(CCC(=O)O)NC(=O)OCC1c2ccccc2-c2ccccc21)C1CC1. The number of nitrogens with one attached hydrogen (secondary N) is 2. The van der Waals surface area contributed by atoms with Crippen molar-refractivity contribution in [1.82, 2.24) is 10.6 Å². The molecule has 1 fully saturated rings. The predicted octanol–water partition coefficient (Wildman–Crippen LogP) is 3.92. The number of aliphatic carboxylic acids is 1. The Hall–Kier alpha value is -3.35. The van der Waals surface area contributed by atoms with Crippen molar-refractivity contribution in [2.45, 2.75) is 44.6 Å². The zero-order valence-electron chi connectivity index (χ0n) is 18.8. The quantitative estimate of drug-likeness (QED) is 0.509. The van der Waals surface area contributed by atoms with Gasteiger partial charge in [0.1, 0.15) is 12.6 Å². The molecule has 7 heteroatoms. The van der Waals surface area contributed by atoms with Crippen LogP contribution in [0.3, 0.4) is 0 Å². The summed E-state index contributed by atoms with van der Waals surface area (Å²) in [6.07, 6.45) is 1.41. The van der Waals surface area contributed by atoms with Crippen molar-refractivity contribution < 1.29 is 24.2 Å². The van der Waals surface area contributed by atoms with Gasteiger partial charge in [0.15, 0.2) is 0 Å². The van der Waals surface area contributed by atoms with Crippen molar-refractivity contribution in [3.8, 4) is 11.1 Å². The summed E-state index contributed by atoms with van der Waals surface area (Å²) in [5.41, 5.74) is 4.46. The fourth-order valence-corrected chi connectivity index (χ4v) is 4.54. The molecule has 0 saturated heterocycles. The molecular weight excluding hydrogens is 420 g/mol. The molecule has 2 unspecified atom stereocenters. The van der Waals surface area contributed by atoms with E-state index in [4.69, 9.17) is 9.84 Å². The molecule has 2 aliphatic rings. The number of hydrogen-bond acceptors (Lipinski definition) is 4. The van der Waals surface area contributed by atoms with E-state index in [1.807, 2.05) is 36.4 Å². The van der Waals surface area contributed by atoms with Gasteiger partial charge in [0.2, 0.25) is 5.91 Å². The number of fused-ring (bicyclic) bond motifs is 3. The number of alkyl carbamates (subject to hydrolysis) is 1. The molecule has 2 aliphatic carbocycles. The minimum atomic E-state index is -1.02. The number of carboxylic acid groups (broad SMARTS) is 1. The average molecular weight is 451 g/mol. The molecule has 2 atom stereocenters. The Morgan fingerprint density at radius 2 is 1.64 bits per heavy atom. The number of amides is 2. The lowest BCUT2D eigenvalue weighted by molar-refractivity contribution is -0.137. The first-order valence-electron chi connectivity index (χ1n) is 11.5. The third-order valence-corrected chi connectivity index (χ3v) is 6.62. The Morgan fingerprint density at radius 1 is 1.03 bits per heavy atom. The van der Waals surface area contributed by atoms with Crippen LogP contribution in [0.4, 0.5) is 4.79 Å². The number of benzene rings is 2. The van der Waals surface area contributed by atoms with Crippen molar-refractivity contribution >= 4 is 18.0 Å². The second-order valence-corrected chi connectivity index (χ2v) is 9.01. The number of carbonyl (C=O) groups is 3. The van der Waals surface area contributed by atoms with E-state index in [9.17, 15) is 14.4 Å². The summed E-state index contributed by atoms with van der Waals surface area (Å²) in [6, 6.07) is 15.1. The minimum Gasteiger partial charge on any atom is -0.481 e. The fourth-order valence-electron chi connectivity index (χ4n) is 4.54. The number of rotatable bonds is 10. The van der Waals surface area contributed by atoms with Gasteiger partial charge < -0.3 is 20.5 Å². The molecule has 7 nitrogen and oxygen atoms in total. The van der Waals surface area contributed by atoms with Gasteiger partial charge in [0, 0.05) is 18.9 Å². The van der Waals surface area contributed by atoms with E-state index in [2.05, 4.69) is 29.7 Å². The Labute approximate surface area is 193 Å². The van der Waals surface area contributed by atoms with Crippen LogP contribution in [-0.4, -0.2) is 42.3 Å². The standard InChI is InChI=1S/C26H30N2O5/c1-16(17-10-11-17)14-27-25(31)23(12-13-24(29)30)28-26(32)33-15-22-20-8-4-2-6-18(20)19-7-3-5-9-21(19)22/h2-9,16-17,22-23H,10-15H2,1H3,(H,27,31)(H,28,32)(H,29,30). The second-order valence-electron chi connectivity index (χ2n) is 9.01. The summed E-state index contributed by atoms with van der Waals surface area (Å²) >= 11 is 0. The van der Waals surface area contributed by atoms with Crippen molar-refractivity contribution in [3.63, 3.8) is 0 Å². The summed E-state index contributed by atoms with van der Waals surface area (Å²) in [6.45, 7) is 2.73. The zero-order chi connectivity index (χ0) is 23.4. The maximum Gasteiger partial charge on any atom is 0.407 e. The van der Waals surface area contributed by atoms with Gasteiger partial charge in [-0.15, -0.1) is 0 Å². The number of carbonyl (C=O) groups excluding carboxylic acids is 2. The van der Waals surface area contributed by atoms with E-state index in [0.717, 1.165) is 22.3 Å². The predicted molar refractivity (Wildman–Crippen MR) is 124 cm³/mol. The second kappa shape index (κ2) is 10.1. The average Bonchev–Trinajstić information content (AvgIpc) is 3.62. The molecule has 0 heterocycles. The third kappa shape index (κ3) is 5.53. The molecule has 1 saturated carbocycles. The first kappa shape index (κ1) is 22.8. The van der Waals surface area contributed by atoms with E-state index >= 15 is 0 Å². The smallest absolute Gasteiger partial charge is 0.407 e. The van der Waals surface area contributed by atoms with E-state index in [1.165, 1.54) is 12.8 Å². The van der Waals surface area contributed by atoms with Crippen LogP contribution < -0.4 is 10.6 Å². The topological polar surface area (TPSA) is 105 Å². The molecule has 4 rings (SSSR count). The summed E-state index contributed by atoms with van der Waals surface area (Å²) < 4.78 is 5.52. The van der Waals surface area contributed by atoms with E-state index in [-0.39, 0.29) is 31.3 Å². The highest BCUT2D eigenvalue weighted by Gasteiger charge is 2.31. The van der Waals surface area contributed by atoms with Gasteiger partial charge in [0.25, 0.3) is 0 Å². The molecular formula is C26H30N2O5. The first-order valence-corrected chi connectivity index (χ1v) is 11.5. The maximum atomic E-state index is 12.7. The number of carboxylic acids is 1. The molecule has 3 N–H and O–H groups in total. The lowest BCUT2D eigenvalue weighted by atomic mass is 9.98. The lowest BCUT2D eigenvalue weighted by Gasteiger charge is -2.20. The Morgan fingerprint density at radius 3 is 2.21 bits per heavy atom. The maximum absolute atomic E-state index is 12.7. The van der Waals surface area contributed by atoms with E-state index in [1.54, 1.807) is 0 Å².